The number of hydrogen-bond acceptors (Lipinski definition) is 5. The number of aromatic nitrogens is 2. The summed E-state index contributed by atoms with van der Waals surface area (Å²) in [4.78, 5) is 10.7. The monoisotopic (exact) mass is 236 g/mol. The zero-order valence-corrected chi connectivity index (χ0v) is 10.7. The molecule has 1 aromatic rings. The molecule has 1 aromatic heterocycles. The third-order valence-corrected chi connectivity index (χ3v) is 3.16. The Hall–Kier alpha value is -1.36. The quantitative estimate of drug-likeness (QED) is 0.857. The fourth-order valence-corrected chi connectivity index (χ4v) is 2.26. The van der Waals surface area contributed by atoms with E-state index in [0.717, 1.165) is 36.8 Å². The highest BCUT2D eigenvalue weighted by Crippen LogP contribution is 2.22. The second-order valence-corrected chi connectivity index (χ2v) is 4.44. The first kappa shape index (κ1) is 12.1. The normalized spacial score (nSPS) is 19.4. The van der Waals surface area contributed by atoms with Gasteiger partial charge in [0.15, 0.2) is 0 Å². The molecule has 0 bridgehead atoms. The van der Waals surface area contributed by atoms with E-state index >= 15 is 0 Å². The van der Waals surface area contributed by atoms with Crippen molar-refractivity contribution in [2.24, 2.45) is 0 Å². The summed E-state index contributed by atoms with van der Waals surface area (Å²) in [6.45, 7) is 3.82. The second-order valence-electron chi connectivity index (χ2n) is 4.44. The summed E-state index contributed by atoms with van der Waals surface area (Å²) in [5, 5.41) is 3.08. The summed E-state index contributed by atoms with van der Waals surface area (Å²) >= 11 is 0. The highest BCUT2D eigenvalue weighted by Gasteiger charge is 2.19. The fourth-order valence-electron chi connectivity index (χ4n) is 2.26. The van der Waals surface area contributed by atoms with E-state index in [1.807, 2.05) is 14.0 Å². The van der Waals surface area contributed by atoms with Crippen LogP contribution in [0.2, 0.25) is 0 Å². The van der Waals surface area contributed by atoms with Crippen molar-refractivity contribution in [1.29, 1.82) is 0 Å². The second kappa shape index (κ2) is 5.31. The number of anilines is 2. The smallest absolute Gasteiger partial charge is 0.136 e. The number of rotatable bonds is 4. The van der Waals surface area contributed by atoms with E-state index in [-0.39, 0.29) is 0 Å². The van der Waals surface area contributed by atoms with Crippen molar-refractivity contribution >= 4 is 11.6 Å². The van der Waals surface area contributed by atoms with Crippen LogP contribution in [0.5, 0.6) is 0 Å². The van der Waals surface area contributed by atoms with Crippen molar-refractivity contribution in [3.8, 4) is 0 Å². The molecule has 1 fully saturated rings. The Bertz CT molecular complexity index is 377. The zero-order valence-electron chi connectivity index (χ0n) is 10.7. The summed E-state index contributed by atoms with van der Waals surface area (Å²) in [5.74, 6) is 1.86. The Kier molecular flexibility index (Phi) is 3.78. The number of likely N-dealkylation sites (N-methyl/N-ethyl adjacent to an activating group) is 1. The van der Waals surface area contributed by atoms with Gasteiger partial charge in [-0.1, -0.05) is 0 Å². The van der Waals surface area contributed by atoms with E-state index in [4.69, 9.17) is 4.74 Å². The van der Waals surface area contributed by atoms with Gasteiger partial charge in [-0.15, -0.1) is 0 Å². The highest BCUT2D eigenvalue weighted by molar-refractivity contribution is 5.57. The van der Waals surface area contributed by atoms with Crippen molar-refractivity contribution in [3.05, 3.63) is 11.9 Å². The number of ether oxygens (including phenoxy) is 1. The van der Waals surface area contributed by atoms with E-state index in [1.54, 1.807) is 6.33 Å². The Morgan fingerprint density at radius 3 is 3.00 bits per heavy atom. The Morgan fingerprint density at radius 1 is 1.53 bits per heavy atom. The van der Waals surface area contributed by atoms with E-state index in [1.165, 1.54) is 6.42 Å². The lowest BCUT2D eigenvalue weighted by atomic mass is 10.2. The molecule has 1 aliphatic rings. The minimum atomic E-state index is 0.340. The number of hydrogen-bond donors (Lipinski definition) is 1. The van der Waals surface area contributed by atoms with Crippen LogP contribution in [-0.2, 0) is 4.74 Å². The molecule has 0 aliphatic carbocycles. The van der Waals surface area contributed by atoms with Gasteiger partial charge in [-0.2, -0.15) is 0 Å². The summed E-state index contributed by atoms with van der Waals surface area (Å²) in [6, 6.07) is 0. The lowest BCUT2D eigenvalue weighted by molar-refractivity contribution is 0.116. The average molecular weight is 236 g/mol. The van der Waals surface area contributed by atoms with Crippen LogP contribution >= 0.6 is 0 Å². The topological polar surface area (TPSA) is 50.3 Å². The molecule has 0 aromatic carbocycles. The van der Waals surface area contributed by atoms with Crippen LogP contribution in [0.4, 0.5) is 11.6 Å². The van der Waals surface area contributed by atoms with E-state index in [2.05, 4.69) is 27.2 Å². The molecule has 1 atom stereocenters. The van der Waals surface area contributed by atoms with Gasteiger partial charge in [-0.3, -0.25) is 0 Å². The molecule has 0 saturated carbocycles. The van der Waals surface area contributed by atoms with Crippen LogP contribution in [0, 0.1) is 6.92 Å². The summed E-state index contributed by atoms with van der Waals surface area (Å²) in [7, 11) is 3.93. The molecule has 2 heterocycles. The maximum absolute atomic E-state index is 5.64. The van der Waals surface area contributed by atoms with Gasteiger partial charge < -0.3 is 15.0 Å². The van der Waals surface area contributed by atoms with Gasteiger partial charge in [0.25, 0.3) is 0 Å². The standard InChI is InChI=1S/C12H20N4O/c1-9-11(13-2)14-8-15-12(9)16(3)7-10-5-4-6-17-10/h8,10H,4-7H2,1-3H3,(H,13,14,15). The van der Waals surface area contributed by atoms with Crippen molar-refractivity contribution in [1.82, 2.24) is 9.97 Å². The van der Waals surface area contributed by atoms with Gasteiger partial charge in [0.05, 0.1) is 6.10 Å². The molecular formula is C12H20N4O. The number of nitrogens with zero attached hydrogens (tertiary/aromatic N) is 3. The minimum Gasteiger partial charge on any atom is -0.376 e. The lowest BCUT2D eigenvalue weighted by Crippen LogP contribution is -2.30. The van der Waals surface area contributed by atoms with Crippen molar-refractivity contribution in [3.63, 3.8) is 0 Å². The first-order valence-electron chi connectivity index (χ1n) is 6.04. The highest BCUT2D eigenvalue weighted by atomic mass is 16.5. The summed E-state index contributed by atoms with van der Waals surface area (Å²) in [6.07, 6.45) is 4.25. The largest absolute Gasteiger partial charge is 0.376 e. The Balaban J connectivity index is 2.09. The first-order valence-corrected chi connectivity index (χ1v) is 6.04. The molecule has 1 unspecified atom stereocenters. The van der Waals surface area contributed by atoms with E-state index in [0.29, 0.717) is 6.10 Å². The van der Waals surface area contributed by atoms with Gasteiger partial charge in [0.1, 0.15) is 18.0 Å². The summed E-state index contributed by atoms with van der Waals surface area (Å²) in [5.41, 5.74) is 1.08. The summed E-state index contributed by atoms with van der Waals surface area (Å²) < 4.78 is 5.64. The predicted octanol–water partition coefficient (Wildman–Crippen LogP) is 1.44. The number of nitrogens with one attached hydrogen (secondary N) is 1. The SMILES string of the molecule is CNc1ncnc(N(C)CC2CCCO2)c1C. The third-order valence-electron chi connectivity index (χ3n) is 3.16. The fraction of sp³-hybridized carbons (Fsp3) is 0.667. The molecule has 5 heteroatoms. The van der Waals surface area contributed by atoms with Gasteiger partial charge in [0, 0.05) is 32.8 Å². The van der Waals surface area contributed by atoms with Gasteiger partial charge in [-0.05, 0) is 19.8 Å². The molecule has 17 heavy (non-hydrogen) atoms. The minimum absolute atomic E-state index is 0.340. The van der Waals surface area contributed by atoms with Crippen molar-refractivity contribution in [2.45, 2.75) is 25.9 Å². The molecule has 1 saturated heterocycles. The Labute approximate surface area is 102 Å². The molecule has 1 aliphatic heterocycles. The maximum atomic E-state index is 5.64. The first-order chi connectivity index (χ1) is 8.22. The van der Waals surface area contributed by atoms with Crippen LogP contribution in [-0.4, -0.2) is 43.3 Å². The Morgan fingerprint density at radius 2 is 2.35 bits per heavy atom. The van der Waals surface area contributed by atoms with E-state index in [9.17, 15) is 0 Å². The molecule has 94 valence electrons. The van der Waals surface area contributed by atoms with Crippen LogP contribution in [0.25, 0.3) is 0 Å². The molecule has 5 nitrogen and oxygen atoms in total. The lowest BCUT2D eigenvalue weighted by Gasteiger charge is -2.23. The maximum Gasteiger partial charge on any atom is 0.136 e. The van der Waals surface area contributed by atoms with Crippen molar-refractivity contribution in [2.75, 3.05) is 37.5 Å². The molecule has 0 radical (unpaired) electrons. The van der Waals surface area contributed by atoms with Gasteiger partial charge in [-0.25, -0.2) is 9.97 Å². The molecule has 1 N–H and O–H groups in total. The molecule has 0 spiro atoms. The third kappa shape index (κ3) is 2.66. The molecule has 2 rings (SSSR count). The van der Waals surface area contributed by atoms with Gasteiger partial charge in [0.2, 0.25) is 0 Å². The zero-order chi connectivity index (χ0) is 12.3. The van der Waals surface area contributed by atoms with Gasteiger partial charge >= 0.3 is 0 Å². The van der Waals surface area contributed by atoms with Crippen LogP contribution in [0.1, 0.15) is 18.4 Å². The van der Waals surface area contributed by atoms with E-state index < -0.39 is 0 Å². The predicted molar refractivity (Wildman–Crippen MR) is 68.6 cm³/mol. The van der Waals surface area contributed by atoms with Crippen LogP contribution < -0.4 is 10.2 Å². The molecule has 0 amide bonds. The van der Waals surface area contributed by atoms with Crippen molar-refractivity contribution < 1.29 is 4.74 Å². The molecular weight excluding hydrogens is 216 g/mol. The van der Waals surface area contributed by atoms with Crippen LogP contribution in [0.15, 0.2) is 6.33 Å². The average Bonchev–Trinajstić information content (AvgIpc) is 2.82. The van der Waals surface area contributed by atoms with Crippen LogP contribution in [0.3, 0.4) is 0 Å².